The lowest BCUT2D eigenvalue weighted by Gasteiger charge is -2.18. The van der Waals surface area contributed by atoms with Crippen molar-refractivity contribution in [2.45, 2.75) is 25.6 Å². The van der Waals surface area contributed by atoms with E-state index >= 15 is 0 Å². The molecule has 0 aliphatic rings. The lowest BCUT2D eigenvalue weighted by molar-refractivity contribution is -0.137. The highest BCUT2D eigenvalue weighted by Crippen LogP contribution is 2.31. The number of nitrogens with zero attached hydrogens (tertiary/aromatic N) is 1. The molecule has 1 atom stereocenters. The van der Waals surface area contributed by atoms with Gasteiger partial charge in [-0.15, -0.1) is 0 Å². The lowest BCUT2D eigenvalue weighted by Crippen LogP contribution is -2.12. The van der Waals surface area contributed by atoms with Gasteiger partial charge in [-0.1, -0.05) is 37.3 Å². The maximum Gasteiger partial charge on any atom is 0.416 e. The summed E-state index contributed by atoms with van der Waals surface area (Å²) in [6.45, 7) is 1.97. The minimum absolute atomic E-state index is 0.0628. The zero-order valence-electron chi connectivity index (χ0n) is 11.0. The van der Waals surface area contributed by atoms with Crippen molar-refractivity contribution in [1.82, 2.24) is 4.98 Å². The summed E-state index contributed by atoms with van der Waals surface area (Å²) in [7, 11) is 0. The van der Waals surface area contributed by atoms with Crippen LogP contribution in [0.15, 0.2) is 48.7 Å². The predicted molar refractivity (Wildman–Crippen MR) is 72.3 cm³/mol. The molecule has 2 nitrogen and oxygen atoms in total. The molecule has 1 N–H and O–H groups in total. The Morgan fingerprint density at radius 2 is 1.85 bits per heavy atom. The fourth-order valence-corrected chi connectivity index (χ4v) is 1.97. The van der Waals surface area contributed by atoms with Crippen molar-refractivity contribution in [3.05, 3.63) is 59.8 Å². The van der Waals surface area contributed by atoms with Gasteiger partial charge in [-0.25, -0.2) is 4.98 Å². The first-order valence-corrected chi connectivity index (χ1v) is 6.35. The molecule has 0 bridgehead atoms. The largest absolute Gasteiger partial charge is 0.416 e. The SMILES string of the molecule is CCC(Nc1cc(C(F)(F)F)ccn1)c1ccccc1. The highest BCUT2D eigenvalue weighted by atomic mass is 19.4. The molecule has 1 aromatic carbocycles. The number of hydrogen-bond donors (Lipinski definition) is 1. The average molecular weight is 280 g/mol. The summed E-state index contributed by atoms with van der Waals surface area (Å²) < 4.78 is 38.0. The molecule has 106 valence electrons. The van der Waals surface area contributed by atoms with Crippen LogP contribution in [0.3, 0.4) is 0 Å². The maximum atomic E-state index is 12.7. The van der Waals surface area contributed by atoms with E-state index in [4.69, 9.17) is 0 Å². The highest BCUT2D eigenvalue weighted by molar-refractivity contribution is 5.41. The van der Waals surface area contributed by atoms with Crippen LogP contribution in [0, 0.1) is 0 Å². The normalized spacial score (nSPS) is 13.0. The third-order valence-electron chi connectivity index (χ3n) is 3.02. The summed E-state index contributed by atoms with van der Waals surface area (Å²) in [6.07, 6.45) is -2.43. The van der Waals surface area contributed by atoms with Gasteiger partial charge >= 0.3 is 6.18 Å². The highest BCUT2D eigenvalue weighted by Gasteiger charge is 2.30. The van der Waals surface area contributed by atoms with Crippen molar-refractivity contribution in [2.24, 2.45) is 0 Å². The van der Waals surface area contributed by atoms with Crippen molar-refractivity contribution < 1.29 is 13.2 Å². The Labute approximate surface area is 115 Å². The number of hydrogen-bond acceptors (Lipinski definition) is 2. The number of halogens is 3. The zero-order valence-corrected chi connectivity index (χ0v) is 11.0. The van der Waals surface area contributed by atoms with Gasteiger partial charge in [-0.2, -0.15) is 13.2 Å². The van der Waals surface area contributed by atoms with Gasteiger partial charge in [0.05, 0.1) is 11.6 Å². The van der Waals surface area contributed by atoms with Crippen LogP contribution < -0.4 is 5.32 Å². The lowest BCUT2D eigenvalue weighted by atomic mass is 10.0. The van der Waals surface area contributed by atoms with Gasteiger partial charge in [0.15, 0.2) is 0 Å². The topological polar surface area (TPSA) is 24.9 Å². The first-order chi connectivity index (χ1) is 9.50. The third kappa shape index (κ3) is 3.50. The van der Waals surface area contributed by atoms with Crippen LogP contribution in [0.4, 0.5) is 19.0 Å². The van der Waals surface area contributed by atoms with Gasteiger partial charge in [0, 0.05) is 6.20 Å². The first-order valence-electron chi connectivity index (χ1n) is 6.35. The number of anilines is 1. The van der Waals surface area contributed by atoms with Crippen LogP contribution in [-0.2, 0) is 6.18 Å². The summed E-state index contributed by atoms with van der Waals surface area (Å²) in [5, 5.41) is 3.05. The van der Waals surface area contributed by atoms with E-state index in [-0.39, 0.29) is 11.9 Å². The molecular weight excluding hydrogens is 265 g/mol. The Morgan fingerprint density at radius 1 is 1.15 bits per heavy atom. The summed E-state index contributed by atoms with van der Waals surface area (Å²) >= 11 is 0. The molecule has 0 aliphatic heterocycles. The minimum atomic E-state index is -4.35. The fraction of sp³-hybridized carbons (Fsp3) is 0.267. The molecule has 0 fully saturated rings. The van der Waals surface area contributed by atoms with E-state index in [0.29, 0.717) is 0 Å². The summed E-state index contributed by atoms with van der Waals surface area (Å²) in [5.41, 5.74) is 0.326. The molecule has 20 heavy (non-hydrogen) atoms. The fourth-order valence-electron chi connectivity index (χ4n) is 1.97. The minimum Gasteiger partial charge on any atom is -0.363 e. The van der Waals surface area contributed by atoms with E-state index in [1.54, 1.807) is 0 Å². The quantitative estimate of drug-likeness (QED) is 0.880. The molecule has 1 unspecified atom stereocenters. The average Bonchev–Trinajstić information content (AvgIpc) is 2.45. The third-order valence-corrected chi connectivity index (χ3v) is 3.02. The predicted octanol–water partition coefficient (Wildman–Crippen LogP) is 4.66. The summed E-state index contributed by atoms with van der Waals surface area (Å²) in [4.78, 5) is 3.96. The second kappa shape index (κ2) is 5.94. The molecule has 1 heterocycles. The molecular formula is C15H15F3N2. The Hall–Kier alpha value is -2.04. The van der Waals surface area contributed by atoms with Crippen LogP contribution in [0.25, 0.3) is 0 Å². The number of nitrogens with one attached hydrogen (secondary N) is 1. The van der Waals surface area contributed by atoms with Crippen molar-refractivity contribution in [2.75, 3.05) is 5.32 Å². The van der Waals surface area contributed by atoms with E-state index in [1.807, 2.05) is 37.3 Å². The number of rotatable bonds is 4. The summed E-state index contributed by atoms with van der Waals surface area (Å²) in [6, 6.07) is 11.5. The molecule has 1 aromatic heterocycles. The number of benzene rings is 1. The Morgan fingerprint density at radius 3 is 2.45 bits per heavy atom. The van der Waals surface area contributed by atoms with Crippen molar-refractivity contribution in [3.8, 4) is 0 Å². The van der Waals surface area contributed by atoms with E-state index in [2.05, 4.69) is 10.3 Å². The van der Waals surface area contributed by atoms with E-state index in [9.17, 15) is 13.2 Å². The maximum absolute atomic E-state index is 12.7. The number of aromatic nitrogens is 1. The van der Waals surface area contributed by atoms with Gasteiger partial charge in [-0.3, -0.25) is 0 Å². The smallest absolute Gasteiger partial charge is 0.363 e. The molecule has 0 saturated carbocycles. The van der Waals surface area contributed by atoms with Crippen LogP contribution in [0.1, 0.15) is 30.5 Å². The van der Waals surface area contributed by atoms with Crippen molar-refractivity contribution in [3.63, 3.8) is 0 Å². The van der Waals surface area contributed by atoms with E-state index in [1.165, 1.54) is 6.20 Å². The second-order valence-electron chi connectivity index (χ2n) is 4.44. The number of alkyl halides is 3. The van der Waals surface area contributed by atoms with Gasteiger partial charge in [0.2, 0.25) is 0 Å². The zero-order chi connectivity index (χ0) is 14.6. The second-order valence-corrected chi connectivity index (χ2v) is 4.44. The van der Waals surface area contributed by atoms with Crippen molar-refractivity contribution >= 4 is 5.82 Å². The molecule has 0 radical (unpaired) electrons. The van der Waals surface area contributed by atoms with Gasteiger partial charge < -0.3 is 5.32 Å². The molecule has 5 heteroatoms. The molecule has 0 saturated heterocycles. The molecule has 0 spiro atoms. The molecule has 2 aromatic rings. The monoisotopic (exact) mass is 280 g/mol. The first kappa shape index (κ1) is 14.4. The Bertz CT molecular complexity index is 553. The summed E-state index contributed by atoms with van der Waals surface area (Å²) in [5.74, 6) is 0.232. The van der Waals surface area contributed by atoms with Gasteiger partial charge in [-0.05, 0) is 24.1 Å². The van der Waals surface area contributed by atoms with Crippen LogP contribution in [0.5, 0.6) is 0 Å². The molecule has 0 amide bonds. The van der Waals surface area contributed by atoms with E-state index < -0.39 is 11.7 Å². The Balaban J connectivity index is 2.20. The van der Waals surface area contributed by atoms with Crippen molar-refractivity contribution in [1.29, 1.82) is 0 Å². The standard InChI is InChI=1S/C15H15F3N2/c1-2-13(11-6-4-3-5-7-11)20-14-10-12(8-9-19-14)15(16,17)18/h3-10,13H,2H2,1H3,(H,19,20). The molecule has 0 aliphatic carbocycles. The van der Waals surface area contributed by atoms with Crippen LogP contribution in [0.2, 0.25) is 0 Å². The van der Waals surface area contributed by atoms with E-state index in [0.717, 1.165) is 24.1 Å². The van der Waals surface area contributed by atoms with Gasteiger partial charge in [0.1, 0.15) is 5.82 Å². The van der Waals surface area contributed by atoms with Gasteiger partial charge in [0.25, 0.3) is 0 Å². The Kier molecular flexibility index (Phi) is 4.27. The van der Waals surface area contributed by atoms with Crippen LogP contribution >= 0.6 is 0 Å². The number of pyridine rings is 1. The van der Waals surface area contributed by atoms with Crippen LogP contribution in [-0.4, -0.2) is 4.98 Å². The molecule has 2 rings (SSSR count).